The summed E-state index contributed by atoms with van der Waals surface area (Å²) in [6.45, 7) is 7.81. The summed E-state index contributed by atoms with van der Waals surface area (Å²) >= 11 is 1.21. The predicted octanol–water partition coefficient (Wildman–Crippen LogP) is 5.88. The first-order valence-electron chi connectivity index (χ1n) is 16.1. The fraction of sp³-hybridized carbons (Fsp3) is 0.361. The van der Waals surface area contributed by atoms with Gasteiger partial charge in [0, 0.05) is 42.0 Å². The second-order valence-electron chi connectivity index (χ2n) is 12.0. The Bertz CT molecular complexity index is 2070. The van der Waals surface area contributed by atoms with E-state index in [1.165, 1.54) is 23.5 Å². The highest BCUT2D eigenvalue weighted by atomic mass is 32.1. The van der Waals surface area contributed by atoms with Gasteiger partial charge < -0.3 is 14.4 Å². The van der Waals surface area contributed by atoms with Gasteiger partial charge in [0.05, 0.1) is 34.4 Å². The average Bonchev–Trinajstić information content (AvgIpc) is 3.38. The molecular formula is C36H38N4O6S. The van der Waals surface area contributed by atoms with E-state index in [9.17, 15) is 19.7 Å². The van der Waals surface area contributed by atoms with Crippen molar-refractivity contribution in [3.63, 3.8) is 0 Å². The van der Waals surface area contributed by atoms with E-state index in [2.05, 4.69) is 11.8 Å². The maximum atomic E-state index is 14.6. The van der Waals surface area contributed by atoms with Crippen molar-refractivity contribution in [1.82, 2.24) is 4.57 Å². The molecule has 1 fully saturated rings. The summed E-state index contributed by atoms with van der Waals surface area (Å²) in [5, 5.41) is 13.6. The maximum absolute atomic E-state index is 14.6. The van der Waals surface area contributed by atoms with E-state index in [0.29, 0.717) is 49.8 Å². The number of nitrogens with zero attached hydrogens (tertiary/aromatic N) is 4. The molecule has 1 atom stereocenters. The number of anilines is 1. The van der Waals surface area contributed by atoms with Crippen molar-refractivity contribution >= 4 is 45.5 Å². The Morgan fingerprint density at radius 3 is 2.60 bits per heavy atom. The number of methoxy groups -OCH3 is 1. The summed E-state index contributed by atoms with van der Waals surface area (Å²) in [5.41, 5.74) is 2.58. The topological polar surface area (TPSA) is 116 Å². The first-order chi connectivity index (χ1) is 22.7. The van der Waals surface area contributed by atoms with Crippen LogP contribution < -0.4 is 24.5 Å². The molecule has 47 heavy (non-hydrogen) atoms. The van der Waals surface area contributed by atoms with Crippen LogP contribution in [0.1, 0.15) is 63.6 Å². The Kier molecular flexibility index (Phi) is 9.26. The van der Waals surface area contributed by atoms with Gasteiger partial charge >= 0.3 is 5.97 Å². The minimum absolute atomic E-state index is 0.0497. The highest BCUT2D eigenvalue weighted by molar-refractivity contribution is 7.07. The van der Waals surface area contributed by atoms with Crippen molar-refractivity contribution in [3.05, 3.63) is 107 Å². The third-order valence-electron chi connectivity index (χ3n) is 8.95. The molecule has 0 spiro atoms. The molecule has 0 radical (unpaired) electrons. The molecule has 244 valence electrons. The van der Waals surface area contributed by atoms with Crippen LogP contribution in [0.2, 0.25) is 0 Å². The Labute approximate surface area is 276 Å². The molecule has 1 saturated heterocycles. The van der Waals surface area contributed by atoms with Crippen LogP contribution >= 0.6 is 11.3 Å². The third-order valence-corrected chi connectivity index (χ3v) is 9.93. The van der Waals surface area contributed by atoms with Crippen molar-refractivity contribution in [2.24, 2.45) is 10.9 Å². The summed E-state index contributed by atoms with van der Waals surface area (Å²) in [6, 6.07) is 15.5. The van der Waals surface area contributed by atoms with Crippen molar-refractivity contribution < 1.29 is 19.2 Å². The lowest BCUT2D eigenvalue weighted by molar-refractivity contribution is -0.384. The van der Waals surface area contributed by atoms with E-state index in [1.807, 2.05) is 43.3 Å². The predicted molar refractivity (Wildman–Crippen MR) is 184 cm³/mol. The average molecular weight is 655 g/mol. The number of nitro groups is 1. The van der Waals surface area contributed by atoms with Crippen molar-refractivity contribution in [3.8, 4) is 5.75 Å². The van der Waals surface area contributed by atoms with Gasteiger partial charge in [0.25, 0.3) is 11.2 Å². The first kappa shape index (κ1) is 32.2. The number of esters is 1. The molecule has 3 aromatic carbocycles. The fourth-order valence-corrected chi connectivity index (χ4v) is 7.59. The molecule has 11 heteroatoms. The van der Waals surface area contributed by atoms with Gasteiger partial charge in [-0.1, -0.05) is 61.9 Å². The quantitative estimate of drug-likeness (QED) is 0.126. The molecule has 0 saturated carbocycles. The van der Waals surface area contributed by atoms with Crippen molar-refractivity contribution in [1.29, 1.82) is 0 Å². The minimum atomic E-state index is -0.872. The van der Waals surface area contributed by atoms with E-state index in [-0.39, 0.29) is 17.9 Å². The van der Waals surface area contributed by atoms with Crippen LogP contribution in [0, 0.1) is 16.0 Å². The van der Waals surface area contributed by atoms with Crippen LogP contribution in [0.3, 0.4) is 0 Å². The number of hydrogen-bond acceptors (Lipinski definition) is 9. The normalized spacial score (nSPS) is 17.1. The number of ether oxygens (including phenoxy) is 2. The molecule has 4 aromatic rings. The number of rotatable bonds is 9. The second-order valence-corrected chi connectivity index (χ2v) is 13.0. The van der Waals surface area contributed by atoms with Gasteiger partial charge in [-0.3, -0.25) is 19.5 Å². The summed E-state index contributed by atoms with van der Waals surface area (Å²) in [6.07, 6.45) is 4.99. The van der Waals surface area contributed by atoms with Crippen LogP contribution in [0.15, 0.2) is 75.7 Å². The van der Waals surface area contributed by atoms with Crippen LogP contribution in [0.25, 0.3) is 16.8 Å². The number of piperidine rings is 1. The Morgan fingerprint density at radius 2 is 1.89 bits per heavy atom. The lowest BCUT2D eigenvalue weighted by Crippen LogP contribution is -2.40. The molecule has 1 aromatic heterocycles. The first-order valence-corrected chi connectivity index (χ1v) is 16.9. The molecule has 0 bridgehead atoms. The molecule has 0 aliphatic carbocycles. The smallest absolute Gasteiger partial charge is 0.338 e. The van der Waals surface area contributed by atoms with Gasteiger partial charge in [-0.25, -0.2) is 9.79 Å². The Morgan fingerprint density at radius 1 is 1.13 bits per heavy atom. The molecule has 0 N–H and O–H groups in total. The van der Waals surface area contributed by atoms with Gasteiger partial charge in [-0.05, 0) is 61.1 Å². The Hall–Kier alpha value is -4.77. The highest BCUT2D eigenvalue weighted by Gasteiger charge is 2.37. The van der Waals surface area contributed by atoms with Crippen LogP contribution in [-0.2, 0) is 9.53 Å². The number of allylic oxidation sites excluding steroid dienone is 1. The minimum Gasteiger partial charge on any atom is -0.496 e. The number of non-ortho nitro benzene ring substituents is 1. The van der Waals surface area contributed by atoms with Crippen LogP contribution in [-0.4, -0.2) is 42.3 Å². The largest absolute Gasteiger partial charge is 0.496 e. The van der Waals surface area contributed by atoms with Gasteiger partial charge in [-0.15, -0.1) is 0 Å². The number of nitro benzene ring substituents is 1. The van der Waals surface area contributed by atoms with Crippen LogP contribution in [0.5, 0.6) is 5.75 Å². The fourth-order valence-electron chi connectivity index (χ4n) is 6.58. The number of benzene rings is 3. The van der Waals surface area contributed by atoms with Crippen molar-refractivity contribution in [2.45, 2.75) is 52.5 Å². The lowest BCUT2D eigenvalue weighted by Gasteiger charge is -2.33. The molecule has 10 nitrogen and oxygen atoms in total. The number of hydrogen-bond donors (Lipinski definition) is 0. The molecule has 3 heterocycles. The number of aromatic nitrogens is 1. The summed E-state index contributed by atoms with van der Waals surface area (Å²) < 4.78 is 13.4. The molecular weight excluding hydrogens is 616 g/mol. The van der Waals surface area contributed by atoms with E-state index in [4.69, 9.17) is 14.5 Å². The van der Waals surface area contributed by atoms with Gasteiger partial charge in [-0.2, -0.15) is 0 Å². The maximum Gasteiger partial charge on any atom is 0.338 e. The van der Waals surface area contributed by atoms with E-state index in [1.54, 1.807) is 30.7 Å². The number of fused-ring (bicyclic) bond motifs is 2. The summed E-state index contributed by atoms with van der Waals surface area (Å²) in [5.74, 6) is 0.603. The molecule has 2 aliphatic heterocycles. The standard InChI is InChI=1S/C36H38N4O6S/c1-5-9-27-32(35(42)46-6-2)33(31-26-11-8-7-10-23(26)12-15-29(31)45-4)39-34(41)30(47-36(39)37-27)21-24-20-25(40(43)44)13-14-28(24)38-18-16-22(3)17-19-38/h7-8,10-15,20-22,33H,5-6,9,16-19H2,1-4H3/b30-21+/t33-/m0/s1. The van der Waals surface area contributed by atoms with Gasteiger partial charge in [0.1, 0.15) is 11.8 Å². The van der Waals surface area contributed by atoms with E-state index in [0.717, 1.165) is 48.8 Å². The van der Waals surface area contributed by atoms with Crippen molar-refractivity contribution in [2.75, 3.05) is 31.7 Å². The SMILES string of the molecule is CCCC1=C(C(=O)OCC)[C@H](c2c(OC)ccc3ccccc23)n2c(s/c(=C/c3cc([N+](=O)[O-])ccc3N3CCC(C)CC3)c2=O)=N1. The molecule has 2 aliphatic rings. The summed E-state index contributed by atoms with van der Waals surface area (Å²) in [4.78, 5) is 47.4. The van der Waals surface area contributed by atoms with Gasteiger partial charge in [0.2, 0.25) is 0 Å². The monoisotopic (exact) mass is 654 g/mol. The number of thiazole rings is 1. The Balaban J connectivity index is 1.64. The highest BCUT2D eigenvalue weighted by Crippen LogP contribution is 2.41. The molecule has 6 rings (SSSR count). The summed E-state index contributed by atoms with van der Waals surface area (Å²) in [7, 11) is 1.57. The number of carbonyl (C=O) groups is 1. The van der Waals surface area contributed by atoms with E-state index >= 15 is 0 Å². The van der Waals surface area contributed by atoms with Crippen LogP contribution in [0.4, 0.5) is 11.4 Å². The second kappa shape index (κ2) is 13.5. The van der Waals surface area contributed by atoms with E-state index < -0.39 is 16.9 Å². The third kappa shape index (κ3) is 6.07. The zero-order valence-corrected chi connectivity index (χ0v) is 27.8. The zero-order chi connectivity index (χ0) is 33.2. The number of carbonyl (C=O) groups excluding carboxylic acids is 1. The lowest BCUT2D eigenvalue weighted by atomic mass is 9.90. The van der Waals surface area contributed by atoms with Gasteiger partial charge in [0.15, 0.2) is 4.80 Å². The molecule has 0 amide bonds. The zero-order valence-electron chi connectivity index (χ0n) is 27.0. The molecule has 0 unspecified atom stereocenters.